The minimum Gasteiger partial charge on any atom is -0.367 e. The zero-order valence-corrected chi connectivity index (χ0v) is 15.9. The van der Waals surface area contributed by atoms with E-state index in [0.29, 0.717) is 18.2 Å². The standard InChI is InChI=1S/C19H15IN6/c21-11-16-23-18(17-19(24-16)26-20-25-17)22-12-15(13-7-3-1-4-8-13)14-9-5-2-6-10-14/h1-10,15H,12H2,(H2,22,23,24,25,26). The molecule has 1 aromatic heterocycles. The minimum absolute atomic E-state index is 0.149. The molecule has 0 fully saturated rings. The number of fused-ring (bicyclic) bond motifs is 1. The summed E-state index contributed by atoms with van der Waals surface area (Å²) < 4.78 is 7.67. The molecule has 1 aliphatic rings. The maximum absolute atomic E-state index is 9.17. The van der Waals surface area contributed by atoms with Gasteiger partial charge in [-0.2, -0.15) is 18.4 Å². The molecule has 128 valence electrons. The summed E-state index contributed by atoms with van der Waals surface area (Å²) in [6.45, 7) is 0.649. The molecule has 0 unspecified atom stereocenters. The van der Waals surface area contributed by atoms with E-state index in [9.17, 15) is 5.26 Å². The fourth-order valence-electron chi connectivity index (χ4n) is 2.88. The summed E-state index contributed by atoms with van der Waals surface area (Å²) in [7, 11) is 0. The number of nitrogens with zero attached hydrogens (tertiary/aromatic N) is 4. The van der Waals surface area contributed by atoms with Crippen molar-refractivity contribution in [2.24, 2.45) is 3.15 Å². The predicted octanol–water partition coefficient (Wildman–Crippen LogP) is 4.72. The number of anilines is 2. The van der Waals surface area contributed by atoms with Crippen LogP contribution in [0.2, 0.25) is 0 Å². The highest BCUT2D eigenvalue weighted by molar-refractivity contribution is 14.2. The van der Waals surface area contributed by atoms with E-state index in [0.717, 1.165) is 5.69 Å². The van der Waals surface area contributed by atoms with Crippen LogP contribution in [-0.4, -0.2) is 16.5 Å². The monoisotopic (exact) mass is 454 g/mol. The number of hydrogen-bond donors (Lipinski definition) is 2. The molecule has 0 atom stereocenters. The highest BCUT2D eigenvalue weighted by atomic mass is 127. The van der Waals surface area contributed by atoms with E-state index in [1.807, 2.05) is 42.5 Å². The van der Waals surface area contributed by atoms with Crippen LogP contribution in [0, 0.1) is 11.3 Å². The Morgan fingerprint density at radius 1 is 1.00 bits per heavy atom. The van der Waals surface area contributed by atoms with Crippen LogP contribution in [0.3, 0.4) is 0 Å². The second-order valence-electron chi connectivity index (χ2n) is 5.72. The van der Waals surface area contributed by atoms with Crippen molar-refractivity contribution < 1.29 is 0 Å². The van der Waals surface area contributed by atoms with Gasteiger partial charge in [0.05, 0.1) is 0 Å². The van der Waals surface area contributed by atoms with Crippen LogP contribution in [-0.2, 0) is 0 Å². The molecule has 0 spiro atoms. The fourth-order valence-corrected chi connectivity index (χ4v) is 4.30. The summed E-state index contributed by atoms with van der Waals surface area (Å²) in [6, 6.07) is 22.7. The van der Waals surface area contributed by atoms with Crippen LogP contribution >= 0.6 is 21.3 Å². The van der Waals surface area contributed by atoms with Gasteiger partial charge < -0.3 is 8.85 Å². The van der Waals surface area contributed by atoms with Gasteiger partial charge in [-0.15, -0.1) is 0 Å². The molecule has 0 saturated carbocycles. The normalized spacial score (nSPS) is 12.0. The topological polar surface area (TPSA) is 86.0 Å². The van der Waals surface area contributed by atoms with Crippen molar-refractivity contribution in [1.29, 1.82) is 5.26 Å². The van der Waals surface area contributed by atoms with Crippen molar-refractivity contribution in [1.82, 2.24) is 9.97 Å². The quantitative estimate of drug-likeness (QED) is 0.431. The van der Waals surface area contributed by atoms with Gasteiger partial charge in [0.15, 0.2) is 17.3 Å². The average molecular weight is 454 g/mol. The Morgan fingerprint density at radius 2 is 1.65 bits per heavy atom. The Morgan fingerprint density at radius 3 is 2.27 bits per heavy atom. The van der Waals surface area contributed by atoms with Gasteiger partial charge >= 0.3 is 0 Å². The molecule has 2 aromatic carbocycles. The molecular formula is C19H15IN6. The van der Waals surface area contributed by atoms with Gasteiger partial charge in [0.2, 0.25) is 5.82 Å². The molecular weight excluding hydrogens is 439 g/mol. The molecule has 2 heterocycles. The van der Waals surface area contributed by atoms with E-state index < -0.39 is 21.3 Å². The van der Waals surface area contributed by atoms with Crippen molar-refractivity contribution in [2.75, 3.05) is 15.4 Å². The van der Waals surface area contributed by atoms with Gasteiger partial charge in [-0.1, -0.05) is 60.7 Å². The predicted molar refractivity (Wildman–Crippen MR) is 110 cm³/mol. The Balaban J connectivity index is 1.65. The summed E-state index contributed by atoms with van der Waals surface area (Å²) in [5.41, 5.74) is 3.18. The number of nitrogens with one attached hydrogen (secondary N) is 2. The van der Waals surface area contributed by atoms with E-state index in [-0.39, 0.29) is 11.7 Å². The van der Waals surface area contributed by atoms with Crippen molar-refractivity contribution >= 4 is 38.6 Å². The second-order valence-corrected chi connectivity index (χ2v) is 7.23. The number of hydrogen-bond acceptors (Lipinski definition) is 6. The molecule has 2 N–H and O–H groups in total. The smallest absolute Gasteiger partial charge is 0.236 e. The van der Waals surface area contributed by atoms with E-state index in [4.69, 9.17) is 0 Å². The van der Waals surface area contributed by atoms with Crippen molar-refractivity contribution in [2.45, 2.75) is 5.92 Å². The lowest BCUT2D eigenvalue weighted by atomic mass is 9.91. The SMILES string of the molecule is N#Cc1nc(NCC(c2ccccc2)c2ccccc2)c2c(n1)NI=N2. The number of benzene rings is 2. The summed E-state index contributed by atoms with van der Waals surface area (Å²) in [5.74, 6) is 1.59. The Kier molecular flexibility index (Phi) is 4.84. The molecule has 4 rings (SSSR count). The fraction of sp³-hybridized carbons (Fsp3) is 0.105. The maximum atomic E-state index is 9.17. The third-order valence-electron chi connectivity index (χ3n) is 4.12. The molecule has 0 amide bonds. The van der Waals surface area contributed by atoms with Gasteiger partial charge in [-0.05, 0) is 11.1 Å². The van der Waals surface area contributed by atoms with Crippen LogP contribution in [0.15, 0.2) is 63.8 Å². The molecule has 7 heteroatoms. The van der Waals surface area contributed by atoms with Gasteiger partial charge in [-0.25, -0.2) is 0 Å². The maximum Gasteiger partial charge on any atom is 0.236 e. The highest BCUT2D eigenvalue weighted by Gasteiger charge is 2.20. The molecule has 0 radical (unpaired) electrons. The first kappa shape index (κ1) is 16.6. The van der Waals surface area contributed by atoms with Crippen LogP contribution < -0.4 is 8.85 Å². The summed E-state index contributed by atoms with van der Waals surface area (Å²) >= 11 is -0.516. The number of rotatable bonds is 5. The first-order chi connectivity index (χ1) is 12.8. The Hall–Kier alpha value is -2.86. The average Bonchev–Trinajstić information content (AvgIpc) is 3.18. The lowest BCUT2D eigenvalue weighted by Gasteiger charge is -2.19. The van der Waals surface area contributed by atoms with E-state index in [1.54, 1.807) is 0 Å². The van der Waals surface area contributed by atoms with Crippen LogP contribution in [0.4, 0.5) is 17.3 Å². The third kappa shape index (κ3) is 3.41. The molecule has 3 aromatic rings. The zero-order valence-electron chi connectivity index (χ0n) is 13.7. The number of halogens is 1. The summed E-state index contributed by atoms with van der Waals surface area (Å²) in [6.07, 6.45) is 0. The summed E-state index contributed by atoms with van der Waals surface area (Å²) in [4.78, 5) is 8.51. The molecule has 0 saturated heterocycles. The number of aromatic nitrogens is 2. The Labute approximate surface area is 161 Å². The van der Waals surface area contributed by atoms with Crippen molar-refractivity contribution in [3.8, 4) is 6.07 Å². The molecule has 0 bridgehead atoms. The summed E-state index contributed by atoms with van der Waals surface area (Å²) in [5, 5.41) is 12.6. The highest BCUT2D eigenvalue weighted by Crippen LogP contribution is 2.40. The van der Waals surface area contributed by atoms with E-state index in [2.05, 4.69) is 46.2 Å². The van der Waals surface area contributed by atoms with Gasteiger partial charge in [-0.3, -0.25) is 0 Å². The zero-order chi connectivity index (χ0) is 17.8. The van der Waals surface area contributed by atoms with Gasteiger partial charge in [0.25, 0.3) is 0 Å². The lowest BCUT2D eigenvalue weighted by Crippen LogP contribution is -2.15. The van der Waals surface area contributed by atoms with Crippen molar-refractivity contribution in [3.63, 3.8) is 0 Å². The Bertz CT molecular complexity index is 943. The minimum atomic E-state index is -0.516. The molecule has 26 heavy (non-hydrogen) atoms. The van der Waals surface area contributed by atoms with Crippen molar-refractivity contribution in [3.05, 3.63) is 77.6 Å². The van der Waals surface area contributed by atoms with Gasteiger partial charge in [0.1, 0.15) is 27.4 Å². The first-order valence-electron chi connectivity index (χ1n) is 8.11. The number of nitriles is 1. The molecule has 1 aliphatic heterocycles. The van der Waals surface area contributed by atoms with E-state index >= 15 is 0 Å². The van der Waals surface area contributed by atoms with Gasteiger partial charge in [0, 0.05) is 12.5 Å². The van der Waals surface area contributed by atoms with Crippen LogP contribution in [0.25, 0.3) is 0 Å². The van der Waals surface area contributed by atoms with Crippen LogP contribution in [0.5, 0.6) is 0 Å². The molecule has 6 nitrogen and oxygen atoms in total. The lowest BCUT2D eigenvalue weighted by molar-refractivity contribution is 0.847. The third-order valence-corrected chi connectivity index (χ3v) is 5.60. The van der Waals surface area contributed by atoms with Crippen LogP contribution in [0.1, 0.15) is 22.9 Å². The molecule has 0 aliphatic carbocycles. The first-order valence-corrected chi connectivity index (χ1v) is 10.2. The van der Waals surface area contributed by atoms with E-state index in [1.165, 1.54) is 11.1 Å². The second kappa shape index (κ2) is 7.58. The largest absolute Gasteiger partial charge is 0.367 e.